The third kappa shape index (κ3) is 5.44. The lowest BCUT2D eigenvalue weighted by atomic mass is 10.1. The molecule has 3 aromatic rings. The van der Waals surface area contributed by atoms with Gasteiger partial charge in [-0.15, -0.1) is 0 Å². The number of aromatic nitrogens is 2. The topological polar surface area (TPSA) is 84.2 Å². The molecule has 1 amide bonds. The van der Waals surface area contributed by atoms with Crippen LogP contribution >= 0.6 is 0 Å². The van der Waals surface area contributed by atoms with Gasteiger partial charge in [0.25, 0.3) is 5.56 Å². The Kier molecular flexibility index (Phi) is 7.31. The maximum Gasteiger partial charge on any atom is 0.257 e. The van der Waals surface area contributed by atoms with E-state index in [4.69, 9.17) is 0 Å². The van der Waals surface area contributed by atoms with Crippen molar-refractivity contribution in [1.29, 1.82) is 0 Å². The zero-order valence-electron chi connectivity index (χ0n) is 17.7. The minimum Gasteiger partial charge on any atom is -0.396 e. The first kappa shape index (κ1) is 22.4. The second-order valence-electron chi connectivity index (χ2n) is 7.32. The number of benzene rings is 2. The van der Waals surface area contributed by atoms with Crippen LogP contribution in [0.15, 0.2) is 53.3 Å². The standard InChI is InChI=1S/C24H26FN3O3/c1-3-17-4-6-18(7-5-17)14-26-22(30)15-28-23(19-8-10-20(25)11-9-19)27-16(2)21(12-13-29)24(28)31/h4-11,29H,3,12-15H2,1-2H3,(H,26,30). The van der Waals surface area contributed by atoms with Gasteiger partial charge in [0.2, 0.25) is 5.91 Å². The normalized spacial score (nSPS) is 10.8. The Morgan fingerprint density at radius 2 is 1.74 bits per heavy atom. The van der Waals surface area contributed by atoms with Crippen LogP contribution in [0.1, 0.15) is 29.3 Å². The van der Waals surface area contributed by atoms with Crippen LogP contribution in [0.4, 0.5) is 4.39 Å². The van der Waals surface area contributed by atoms with Crippen molar-refractivity contribution in [2.45, 2.75) is 39.8 Å². The highest BCUT2D eigenvalue weighted by molar-refractivity contribution is 5.76. The van der Waals surface area contributed by atoms with E-state index in [1.165, 1.54) is 34.4 Å². The Labute approximate surface area is 180 Å². The van der Waals surface area contributed by atoms with Crippen molar-refractivity contribution in [2.24, 2.45) is 0 Å². The van der Waals surface area contributed by atoms with Crippen LogP contribution < -0.4 is 10.9 Å². The molecule has 0 aliphatic carbocycles. The van der Waals surface area contributed by atoms with Crippen molar-refractivity contribution in [2.75, 3.05) is 6.61 Å². The Morgan fingerprint density at radius 1 is 1.10 bits per heavy atom. The lowest BCUT2D eigenvalue weighted by Crippen LogP contribution is -2.35. The minimum atomic E-state index is -0.405. The highest BCUT2D eigenvalue weighted by Gasteiger charge is 2.17. The molecule has 0 saturated heterocycles. The molecular weight excluding hydrogens is 397 g/mol. The highest BCUT2D eigenvalue weighted by Crippen LogP contribution is 2.18. The van der Waals surface area contributed by atoms with Crippen molar-refractivity contribution in [3.63, 3.8) is 0 Å². The van der Waals surface area contributed by atoms with E-state index >= 15 is 0 Å². The molecule has 0 radical (unpaired) electrons. The number of halogens is 1. The zero-order chi connectivity index (χ0) is 22.4. The van der Waals surface area contributed by atoms with Gasteiger partial charge in [-0.25, -0.2) is 9.37 Å². The van der Waals surface area contributed by atoms with E-state index in [-0.39, 0.29) is 36.9 Å². The molecular formula is C24H26FN3O3. The summed E-state index contributed by atoms with van der Waals surface area (Å²) in [5, 5.41) is 12.1. The third-order valence-electron chi connectivity index (χ3n) is 5.16. The summed E-state index contributed by atoms with van der Waals surface area (Å²) in [4.78, 5) is 30.2. The zero-order valence-corrected chi connectivity index (χ0v) is 17.7. The number of carbonyl (C=O) groups excluding carboxylic acids is 1. The first-order valence-corrected chi connectivity index (χ1v) is 10.2. The fourth-order valence-electron chi connectivity index (χ4n) is 3.36. The van der Waals surface area contributed by atoms with Crippen LogP contribution in [0.25, 0.3) is 11.4 Å². The van der Waals surface area contributed by atoms with Gasteiger partial charge in [-0.05, 0) is 48.7 Å². The second kappa shape index (κ2) is 10.1. The van der Waals surface area contributed by atoms with Crippen molar-refractivity contribution in [1.82, 2.24) is 14.9 Å². The maximum absolute atomic E-state index is 13.4. The molecule has 0 saturated carbocycles. The molecule has 7 heteroatoms. The Hall–Kier alpha value is -3.32. The van der Waals surface area contributed by atoms with E-state index in [1.54, 1.807) is 6.92 Å². The van der Waals surface area contributed by atoms with E-state index in [9.17, 15) is 19.1 Å². The highest BCUT2D eigenvalue weighted by atomic mass is 19.1. The van der Waals surface area contributed by atoms with E-state index in [1.807, 2.05) is 24.3 Å². The van der Waals surface area contributed by atoms with Crippen LogP contribution in [0.2, 0.25) is 0 Å². The van der Waals surface area contributed by atoms with Crippen molar-refractivity contribution < 1.29 is 14.3 Å². The SMILES string of the molecule is CCc1ccc(CNC(=O)Cn2c(-c3ccc(F)cc3)nc(C)c(CCO)c2=O)cc1. The van der Waals surface area contributed by atoms with Gasteiger partial charge >= 0.3 is 0 Å². The van der Waals surface area contributed by atoms with E-state index in [0.717, 1.165) is 12.0 Å². The summed E-state index contributed by atoms with van der Waals surface area (Å²) in [6.07, 6.45) is 1.09. The van der Waals surface area contributed by atoms with Crippen LogP contribution in [0.3, 0.4) is 0 Å². The largest absolute Gasteiger partial charge is 0.396 e. The van der Waals surface area contributed by atoms with Crippen molar-refractivity contribution in [3.05, 3.63) is 87.1 Å². The average molecular weight is 423 g/mol. The number of aliphatic hydroxyl groups excluding tert-OH is 1. The summed E-state index contributed by atoms with van der Waals surface area (Å²) in [5.74, 6) is -0.463. The summed E-state index contributed by atoms with van der Waals surface area (Å²) in [6.45, 7) is 3.67. The van der Waals surface area contributed by atoms with Gasteiger partial charge in [-0.3, -0.25) is 14.2 Å². The lowest BCUT2D eigenvalue weighted by Gasteiger charge is -2.16. The number of aryl methyl sites for hydroxylation is 2. The molecule has 0 spiro atoms. The summed E-state index contributed by atoms with van der Waals surface area (Å²) in [6, 6.07) is 13.6. The molecule has 3 rings (SSSR count). The molecule has 6 nitrogen and oxygen atoms in total. The molecule has 0 aliphatic heterocycles. The van der Waals surface area contributed by atoms with E-state index in [0.29, 0.717) is 23.4 Å². The molecule has 0 atom stereocenters. The number of aliphatic hydroxyl groups is 1. The molecule has 1 heterocycles. The number of nitrogens with one attached hydrogen (secondary N) is 1. The number of carbonyl (C=O) groups is 1. The summed E-state index contributed by atoms with van der Waals surface area (Å²) >= 11 is 0. The predicted octanol–water partition coefficient (Wildman–Crippen LogP) is 2.77. The van der Waals surface area contributed by atoms with Crippen LogP contribution in [0.5, 0.6) is 0 Å². The summed E-state index contributed by atoms with van der Waals surface area (Å²) in [5.41, 5.74) is 3.15. The predicted molar refractivity (Wildman–Crippen MR) is 117 cm³/mol. The summed E-state index contributed by atoms with van der Waals surface area (Å²) < 4.78 is 14.6. The van der Waals surface area contributed by atoms with Gasteiger partial charge in [-0.2, -0.15) is 0 Å². The minimum absolute atomic E-state index is 0.146. The fourth-order valence-corrected chi connectivity index (χ4v) is 3.36. The van der Waals surface area contributed by atoms with Gasteiger partial charge < -0.3 is 10.4 Å². The molecule has 0 aliphatic rings. The molecule has 0 unspecified atom stereocenters. The van der Waals surface area contributed by atoms with E-state index in [2.05, 4.69) is 17.2 Å². The molecule has 2 aromatic carbocycles. The molecule has 162 valence electrons. The van der Waals surface area contributed by atoms with Gasteiger partial charge in [0.1, 0.15) is 18.2 Å². The van der Waals surface area contributed by atoms with E-state index < -0.39 is 5.82 Å². The van der Waals surface area contributed by atoms with Crippen LogP contribution in [-0.4, -0.2) is 27.2 Å². The quantitative estimate of drug-likeness (QED) is 0.584. The first-order chi connectivity index (χ1) is 14.9. The number of hydrogen-bond donors (Lipinski definition) is 2. The monoisotopic (exact) mass is 423 g/mol. The number of hydrogen-bond acceptors (Lipinski definition) is 4. The van der Waals surface area contributed by atoms with Crippen molar-refractivity contribution in [3.8, 4) is 11.4 Å². The molecule has 31 heavy (non-hydrogen) atoms. The maximum atomic E-state index is 13.4. The van der Waals surface area contributed by atoms with Crippen LogP contribution in [-0.2, 0) is 30.7 Å². The third-order valence-corrected chi connectivity index (χ3v) is 5.16. The second-order valence-corrected chi connectivity index (χ2v) is 7.32. The van der Waals surface area contributed by atoms with Crippen molar-refractivity contribution >= 4 is 5.91 Å². The smallest absolute Gasteiger partial charge is 0.257 e. The van der Waals surface area contributed by atoms with Gasteiger partial charge in [0.05, 0.1) is 0 Å². The molecule has 0 bridgehead atoms. The summed E-state index contributed by atoms with van der Waals surface area (Å²) in [7, 11) is 0. The van der Waals surface area contributed by atoms with Crippen LogP contribution in [0, 0.1) is 12.7 Å². The fraction of sp³-hybridized carbons (Fsp3) is 0.292. The Balaban J connectivity index is 1.88. The van der Waals surface area contributed by atoms with Gasteiger partial charge in [0.15, 0.2) is 0 Å². The number of amides is 1. The Bertz CT molecular complexity index is 1110. The number of rotatable bonds is 8. The average Bonchev–Trinajstić information content (AvgIpc) is 2.78. The molecule has 0 fully saturated rings. The molecule has 1 aromatic heterocycles. The Morgan fingerprint density at radius 3 is 2.35 bits per heavy atom. The molecule has 2 N–H and O–H groups in total. The lowest BCUT2D eigenvalue weighted by molar-refractivity contribution is -0.121. The van der Waals surface area contributed by atoms with Gasteiger partial charge in [-0.1, -0.05) is 31.2 Å². The number of nitrogens with zero attached hydrogens (tertiary/aromatic N) is 2. The first-order valence-electron chi connectivity index (χ1n) is 10.2. The van der Waals surface area contributed by atoms with Gasteiger partial charge in [0, 0.05) is 36.4 Å².